The summed E-state index contributed by atoms with van der Waals surface area (Å²) in [5, 5.41) is 0. The van der Waals surface area contributed by atoms with Gasteiger partial charge in [0.1, 0.15) is 12.2 Å². The fourth-order valence-electron chi connectivity index (χ4n) is 2.02. The Morgan fingerprint density at radius 3 is 1.94 bits per heavy atom. The van der Waals surface area contributed by atoms with E-state index >= 15 is 0 Å². The molecule has 2 atom stereocenters. The maximum atomic E-state index is 5.73. The minimum atomic E-state index is 0.253. The smallest absolute Gasteiger partial charge is 0.114 e. The van der Waals surface area contributed by atoms with Crippen molar-refractivity contribution >= 4 is 0 Å². The van der Waals surface area contributed by atoms with E-state index in [4.69, 9.17) is 4.74 Å². The largest absolute Gasteiger partial charge is 0.359 e. The van der Waals surface area contributed by atoms with Crippen molar-refractivity contribution in [3.8, 4) is 0 Å². The monoisotopic (exact) mass is 210 g/mol. The van der Waals surface area contributed by atoms with Crippen LogP contribution in [0.2, 0.25) is 0 Å². The third-order valence-electron chi connectivity index (χ3n) is 3.03. The Morgan fingerprint density at radius 2 is 1.31 bits per heavy atom. The first kappa shape index (κ1) is 9.61. The van der Waals surface area contributed by atoms with Crippen LogP contribution < -0.4 is 0 Å². The molecule has 0 saturated carbocycles. The zero-order valence-electron chi connectivity index (χ0n) is 9.26. The Bertz CT molecular complexity index is 473. The lowest BCUT2D eigenvalue weighted by Crippen LogP contribution is -1.84. The number of epoxide rings is 1. The van der Waals surface area contributed by atoms with Gasteiger partial charge in [0.2, 0.25) is 0 Å². The summed E-state index contributed by atoms with van der Waals surface area (Å²) in [5.74, 6) is 0. The first-order chi connectivity index (χ1) is 7.84. The highest BCUT2D eigenvalue weighted by Crippen LogP contribution is 2.50. The van der Waals surface area contributed by atoms with Crippen molar-refractivity contribution in [2.45, 2.75) is 19.1 Å². The molecule has 0 radical (unpaired) electrons. The molecule has 1 aliphatic heterocycles. The van der Waals surface area contributed by atoms with E-state index in [1.165, 1.54) is 16.7 Å². The van der Waals surface area contributed by atoms with E-state index in [1.54, 1.807) is 0 Å². The van der Waals surface area contributed by atoms with E-state index in [2.05, 4.69) is 55.5 Å². The molecular weight excluding hydrogens is 196 g/mol. The van der Waals surface area contributed by atoms with E-state index in [0.29, 0.717) is 0 Å². The van der Waals surface area contributed by atoms with Crippen LogP contribution >= 0.6 is 0 Å². The molecule has 0 amide bonds. The first-order valence-electron chi connectivity index (χ1n) is 5.61. The van der Waals surface area contributed by atoms with Crippen LogP contribution in [-0.4, -0.2) is 0 Å². The molecule has 16 heavy (non-hydrogen) atoms. The van der Waals surface area contributed by atoms with Crippen LogP contribution in [0.3, 0.4) is 0 Å². The Kier molecular flexibility index (Phi) is 2.26. The van der Waals surface area contributed by atoms with Crippen molar-refractivity contribution in [1.82, 2.24) is 0 Å². The summed E-state index contributed by atoms with van der Waals surface area (Å²) < 4.78 is 5.73. The molecule has 1 fully saturated rings. The van der Waals surface area contributed by atoms with E-state index in [1.807, 2.05) is 6.07 Å². The second-order valence-corrected chi connectivity index (χ2v) is 4.30. The van der Waals surface area contributed by atoms with Crippen molar-refractivity contribution in [3.05, 3.63) is 71.3 Å². The van der Waals surface area contributed by atoms with Crippen LogP contribution in [0, 0.1) is 6.92 Å². The highest BCUT2D eigenvalue weighted by atomic mass is 16.6. The lowest BCUT2D eigenvalue weighted by atomic mass is 10.0. The molecule has 1 heteroatoms. The minimum absolute atomic E-state index is 0.253. The van der Waals surface area contributed by atoms with Crippen LogP contribution in [-0.2, 0) is 4.74 Å². The number of aryl methyl sites for hydroxylation is 1. The fourth-order valence-corrected chi connectivity index (χ4v) is 2.02. The summed E-state index contributed by atoms with van der Waals surface area (Å²) in [6.45, 7) is 2.10. The highest BCUT2D eigenvalue weighted by molar-refractivity contribution is 5.31. The Morgan fingerprint density at radius 1 is 0.750 bits per heavy atom. The van der Waals surface area contributed by atoms with Gasteiger partial charge in [0.25, 0.3) is 0 Å². The third kappa shape index (κ3) is 1.74. The number of hydrogen-bond acceptors (Lipinski definition) is 1. The quantitative estimate of drug-likeness (QED) is 0.687. The van der Waals surface area contributed by atoms with Gasteiger partial charge in [0.15, 0.2) is 0 Å². The van der Waals surface area contributed by atoms with Gasteiger partial charge in [-0.25, -0.2) is 0 Å². The lowest BCUT2D eigenvalue weighted by Gasteiger charge is -1.97. The van der Waals surface area contributed by atoms with Crippen molar-refractivity contribution in [2.24, 2.45) is 0 Å². The van der Waals surface area contributed by atoms with E-state index < -0.39 is 0 Å². The molecule has 1 heterocycles. The average Bonchev–Trinajstić information content (AvgIpc) is 3.11. The molecular formula is C15H14O. The average molecular weight is 210 g/mol. The van der Waals surface area contributed by atoms with Gasteiger partial charge in [-0.05, 0) is 18.1 Å². The fraction of sp³-hybridized carbons (Fsp3) is 0.200. The first-order valence-corrected chi connectivity index (χ1v) is 5.61. The van der Waals surface area contributed by atoms with Crippen LogP contribution in [0.4, 0.5) is 0 Å². The molecule has 1 nitrogen and oxygen atoms in total. The molecule has 0 aliphatic carbocycles. The molecule has 0 N–H and O–H groups in total. The second-order valence-electron chi connectivity index (χ2n) is 4.30. The molecule has 2 aromatic carbocycles. The maximum absolute atomic E-state index is 5.73. The van der Waals surface area contributed by atoms with Crippen molar-refractivity contribution < 1.29 is 4.74 Å². The van der Waals surface area contributed by atoms with Crippen LogP contribution in [0.15, 0.2) is 54.6 Å². The van der Waals surface area contributed by atoms with Crippen molar-refractivity contribution in [3.63, 3.8) is 0 Å². The van der Waals surface area contributed by atoms with Crippen LogP contribution in [0.5, 0.6) is 0 Å². The number of rotatable bonds is 2. The Hall–Kier alpha value is -1.60. The van der Waals surface area contributed by atoms with E-state index in [0.717, 1.165) is 0 Å². The van der Waals surface area contributed by atoms with Gasteiger partial charge in [-0.15, -0.1) is 0 Å². The molecule has 3 rings (SSSR count). The molecule has 0 unspecified atom stereocenters. The van der Waals surface area contributed by atoms with Crippen LogP contribution in [0.1, 0.15) is 28.9 Å². The van der Waals surface area contributed by atoms with Gasteiger partial charge in [-0.3, -0.25) is 0 Å². The van der Waals surface area contributed by atoms with Gasteiger partial charge in [-0.2, -0.15) is 0 Å². The summed E-state index contributed by atoms with van der Waals surface area (Å²) in [5.41, 5.74) is 3.84. The number of hydrogen-bond donors (Lipinski definition) is 0. The predicted octanol–water partition coefficient (Wildman–Crippen LogP) is 3.81. The summed E-state index contributed by atoms with van der Waals surface area (Å²) in [6, 6.07) is 19.0. The molecule has 1 aliphatic rings. The standard InChI is InChI=1S/C15H14O/c1-11-7-9-13(10-8-11)15-14(16-15)12-5-3-2-4-6-12/h2-10,14-15H,1H3/t14-,15-/m1/s1. The van der Waals surface area contributed by atoms with Gasteiger partial charge < -0.3 is 4.74 Å². The van der Waals surface area contributed by atoms with Crippen molar-refractivity contribution in [2.75, 3.05) is 0 Å². The summed E-state index contributed by atoms with van der Waals surface area (Å²) in [6.07, 6.45) is 0.506. The molecule has 80 valence electrons. The normalized spacial score (nSPS) is 23.1. The van der Waals surface area contributed by atoms with E-state index in [9.17, 15) is 0 Å². The minimum Gasteiger partial charge on any atom is -0.359 e. The number of benzene rings is 2. The molecule has 2 aromatic rings. The summed E-state index contributed by atoms with van der Waals surface area (Å²) >= 11 is 0. The molecule has 0 aromatic heterocycles. The zero-order valence-corrected chi connectivity index (χ0v) is 9.26. The van der Waals surface area contributed by atoms with Gasteiger partial charge in [0.05, 0.1) is 0 Å². The molecule has 0 spiro atoms. The second kappa shape index (κ2) is 3.76. The predicted molar refractivity (Wildman–Crippen MR) is 64.2 cm³/mol. The number of ether oxygens (including phenoxy) is 1. The zero-order chi connectivity index (χ0) is 11.0. The highest BCUT2D eigenvalue weighted by Gasteiger charge is 2.40. The van der Waals surface area contributed by atoms with E-state index in [-0.39, 0.29) is 12.2 Å². The van der Waals surface area contributed by atoms with Crippen molar-refractivity contribution in [1.29, 1.82) is 0 Å². The molecule has 1 saturated heterocycles. The summed E-state index contributed by atoms with van der Waals surface area (Å²) in [7, 11) is 0. The molecule has 0 bridgehead atoms. The summed E-state index contributed by atoms with van der Waals surface area (Å²) in [4.78, 5) is 0. The maximum Gasteiger partial charge on any atom is 0.114 e. The lowest BCUT2D eigenvalue weighted by molar-refractivity contribution is 0.377. The van der Waals surface area contributed by atoms with Gasteiger partial charge in [-0.1, -0.05) is 60.2 Å². The van der Waals surface area contributed by atoms with Gasteiger partial charge >= 0.3 is 0 Å². The topological polar surface area (TPSA) is 12.5 Å². The Balaban J connectivity index is 1.79. The third-order valence-corrected chi connectivity index (χ3v) is 3.03. The SMILES string of the molecule is Cc1ccc([C@H]2O[C@@H]2c2ccccc2)cc1. The Labute approximate surface area is 95.7 Å². The van der Waals surface area contributed by atoms with Crippen LogP contribution in [0.25, 0.3) is 0 Å². The van der Waals surface area contributed by atoms with Gasteiger partial charge in [0, 0.05) is 0 Å².